The summed E-state index contributed by atoms with van der Waals surface area (Å²) in [5.74, 6) is 1.48. The summed E-state index contributed by atoms with van der Waals surface area (Å²) < 4.78 is 1.21. The van der Waals surface area contributed by atoms with Crippen LogP contribution in [0, 0.1) is 12.3 Å². The molecule has 1 heterocycles. The van der Waals surface area contributed by atoms with Gasteiger partial charge in [0.1, 0.15) is 6.54 Å². The number of aromatic nitrogens is 2. The fraction of sp³-hybridized carbons (Fsp3) is 0.417. The zero-order valence-corrected chi connectivity index (χ0v) is 10.6. The van der Waals surface area contributed by atoms with Gasteiger partial charge in [0.15, 0.2) is 0 Å². The van der Waals surface area contributed by atoms with Crippen molar-refractivity contribution in [3.8, 4) is 12.3 Å². The Morgan fingerprint density at radius 3 is 2.95 bits per heavy atom. The topological polar surface area (TPSA) is 96.3 Å². The van der Waals surface area contributed by atoms with Gasteiger partial charge < -0.3 is 15.7 Å². The fourth-order valence-corrected chi connectivity index (χ4v) is 1.46. The molecule has 0 saturated carbocycles. The van der Waals surface area contributed by atoms with Crippen molar-refractivity contribution in [1.82, 2.24) is 15.1 Å². The third-order valence-electron chi connectivity index (χ3n) is 2.27. The summed E-state index contributed by atoms with van der Waals surface area (Å²) in [6.07, 6.45) is 9.65. The zero-order valence-electron chi connectivity index (χ0n) is 10.6. The molecule has 0 spiro atoms. The SMILES string of the molecule is C#CC(CCC)NC(=O)Nc1cnn(CC(=O)O)c1. The standard InChI is InChI=1S/C12H16N4O3/c1-3-5-9(4-2)14-12(19)15-10-6-13-16(7-10)8-11(17)18/h2,6-7,9H,3,5,8H2,1H3,(H,17,18)(H2,14,15,19). The van der Waals surface area contributed by atoms with E-state index in [1.807, 2.05) is 6.92 Å². The van der Waals surface area contributed by atoms with Crippen LogP contribution < -0.4 is 10.6 Å². The molecule has 102 valence electrons. The Hall–Kier alpha value is -2.49. The lowest BCUT2D eigenvalue weighted by Crippen LogP contribution is -2.36. The number of carbonyl (C=O) groups is 2. The van der Waals surface area contributed by atoms with E-state index in [2.05, 4.69) is 21.7 Å². The number of carbonyl (C=O) groups excluding carboxylic acids is 1. The van der Waals surface area contributed by atoms with Crippen LogP contribution in [0.2, 0.25) is 0 Å². The molecule has 7 nitrogen and oxygen atoms in total. The van der Waals surface area contributed by atoms with Crippen molar-refractivity contribution in [2.45, 2.75) is 32.4 Å². The molecule has 3 N–H and O–H groups in total. The summed E-state index contributed by atoms with van der Waals surface area (Å²) >= 11 is 0. The molecule has 0 saturated heterocycles. The molecule has 1 unspecified atom stereocenters. The van der Waals surface area contributed by atoms with E-state index in [0.717, 1.165) is 6.42 Å². The molecule has 0 aliphatic carbocycles. The molecule has 1 aromatic rings. The van der Waals surface area contributed by atoms with E-state index >= 15 is 0 Å². The Morgan fingerprint density at radius 1 is 1.63 bits per heavy atom. The number of amides is 2. The van der Waals surface area contributed by atoms with Crippen LogP contribution in [-0.4, -0.2) is 32.9 Å². The van der Waals surface area contributed by atoms with Gasteiger partial charge >= 0.3 is 12.0 Å². The number of carboxylic acids is 1. The first-order valence-electron chi connectivity index (χ1n) is 5.83. The van der Waals surface area contributed by atoms with Gasteiger partial charge in [-0.1, -0.05) is 19.3 Å². The smallest absolute Gasteiger partial charge is 0.325 e. The van der Waals surface area contributed by atoms with Gasteiger partial charge in [0.25, 0.3) is 0 Å². The number of urea groups is 1. The van der Waals surface area contributed by atoms with Crippen molar-refractivity contribution in [1.29, 1.82) is 0 Å². The minimum absolute atomic E-state index is 0.258. The second kappa shape index (κ2) is 7.06. The van der Waals surface area contributed by atoms with E-state index in [1.165, 1.54) is 17.1 Å². The van der Waals surface area contributed by atoms with E-state index in [4.69, 9.17) is 11.5 Å². The molecule has 1 rings (SSSR count). The predicted molar refractivity (Wildman–Crippen MR) is 69.5 cm³/mol. The number of nitrogens with one attached hydrogen (secondary N) is 2. The highest BCUT2D eigenvalue weighted by molar-refractivity contribution is 5.89. The van der Waals surface area contributed by atoms with Crippen molar-refractivity contribution in [3.63, 3.8) is 0 Å². The van der Waals surface area contributed by atoms with Crippen LogP contribution in [0.25, 0.3) is 0 Å². The molecule has 7 heteroatoms. The lowest BCUT2D eigenvalue weighted by atomic mass is 10.2. The number of hydrogen-bond donors (Lipinski definition) is 3. The van der Waals surface area contributed by atoms with Crippen LogP contribution in [0.1, 0.15) is 19.8 Å². The normalized spacial score (nSPS) is 11.4. The second-order valence-electron chi connectivity index (χ2n) is 3.93. The molecular weight excluding hydrogens is 248 g/mol. The fourth-order valence-electron chi connectivity index (χ4n) is 1.46. The van der Waals surface area contributed by atoms with Gasteiger partial charge in [0.2, 0.25) is 0 Å². The number of anilines is 1. The molecule has 0 radical (unpaired) electrons. The molecule has 0 aliphatic rings. The zero-order chi connectivity index (χ0) is 14.3. The average molecular weight is 264 g/mol. The summed E-state index contributed by atoms with van der Waals surface area (Å²) in [4.78, 5) is 22.1. The van der Waals surface area contributed by atoms with Crippen molar-refractivity contribution in [2.75, 3.05) is 5.32 Å². The number of hydrogen-bond acceptors (Lipinski definition) is 3. The molecule has 1 aromatic heterocycles. The molecular formula is C12H16N4O3. The maximum absolute atomic E-state index is 11.6. The Kier molecular flexibility index (Phi) is 5.41. The van der Waals surface area contributed by atoms with Crippen LogP contribution in [0.15, 0.2) is 12.4 Å². The average Bonchev–Trinajstić information content (AvgIpc) is 2.74. The van der Waals surface area contributed by atoms with E-state index in [0.29, 0.717) is 12.1 Å². The predicted octanol–water partition coefficient (Wildman–Crippen LogP) is 0.891. The van der Waals surface area contributed by atoms with Gasteiger partial charge in [0, 0.05) is 6.20 Å². The molecule has 0 fully saturated rings. The number of nitrogens with zero attached hydrogens (tertiary/aromatic N) is 2. The van der Waals surface area contributed by atoms with Crippen molar-refractivity contribution in [2.24, 2.45) is 0 Å². The summed E-state index contributed by atoms with van der Waals surface area (Å²) in [6.45, 7) is 1.71. The van der Waals surface area contributed by atoms with E-state index in [1.54, 1.807) is 0 Å². The molecule has 0 aromatic carbocycles. The molecule has 0 aliphatic heterocycles. The van der Waals surface area contributed by atoms with Crippen molar-refractivity contribution in [3.05, 3.63) is 12.4 Å². The summed E-state index contributed by atoms with van der Waals surface area (Å²) in [5, 5.41) is 17.5. The second-order valence-corrected chi connectivity index (χ2v) is 3.93. The number of aliphatic carboxylic acids is 1. The highest BCUT2D eigenvalue weighted by Gasteiger charge is 2.10. The van der Waals surface area contributed by atoms with Crippen LogP contribution in [0.3, 0.4) is 0 Å². The summed E-state index contributed by atoms with van der Waals surface area (Å²) in [6, 6.07) is -0.759. The van der Waals surface area contributed by atoms with Crippen molar-refractivity contribution >= 4 is 17.7 Å². The Bertz CT molecular complexity index is 489. The van der Waals surface area contributed by atoms with Crippen LogP contribution >= 0.6 is 0 Å². The maximum atomic E-state index is 11.6. The van der Waals surface area contributed by atoms with E-state index in [-0.39, 0.29) is 12.6 Å². The number of rotatable bonds is 6. The highest BCUT2D eigenvalue weighted by atomic mass is 16.4. The van der Waals surface area contributed by atoms with Gasteiger partial charge in [-0.15, -0.1) is 6.42 Å². The van der Waals surface area contributed by atoms with Crippen LogP contribution in [-0.2, 0) is 11.3 Å². The minimum Gasteiger partial charge on any atom is -0.480 e. The monoisotopic (exact) mass is 264 g/mol. The Balaban J connectivity index is 2.50. The van der Waals surface area contributed by atoms with Crippen LogP contribution in [0.5, 0.6) is 0 Å². The van der Waals surface area contributed by atoms with Gasteiger partial charge in [-0.25, -0.2) is 4.79 Å². The van der Waals surface area contributed by atoms with Gasteiger partial charge in [-0.05, 0) is 6.42 Å². The van der Waals surface area contributed by atoms with E-state index < -0.39 is 12.0 Å². The minimum atomic E-state index is -1.01. The quantitative estimate of drug-likeness (QED) is 0.665. The largest absolute Gasteiger partial charge is 0.480 e. The first kappa shape index (κ1) is 14.6. The Morgan fingerprint density at radius 2 is 2.37 bits per heavy atom. The number of terminal acetylenes is 1. The highest BCUT2D eigenvalue weighted by Crippen LogP contribution is 2.05. The van der Waals surface area contributed by atoms with E-state index in [9.17, 15) is 9.59 Å². The maximum Gasteiger partial charge on any atom is 0.325 e. The molecule has 0 bridgehead atoms. The van der Waals surface area contributed by atoms with Crippen molar-refractivity contribution < 1.29 is 14.7 Å². The molecule has 2 amide bonds. The first-order valence-corrected chi connectivity index (χ1v) is 5.83. The summed E-state index contributed by atoms with van der Waals surface area (Å²) in [7, 11) is 0. The molecule has 19 heavy (non-hydrogen) atoms. The lowest BCUT2D eigenvalue weighted by molar-refractivity contribution is -0.137. The Labute approximate surface area is 111 Å². The summed E-state index contributed by atoms with van der Waals surface area (Å²) in [5.41, 5.74) is 0.408. The lowest BCUT2D eigenvalue weighted by Gasteiger charge is -2.11. The molecule has 1 atom stereocenters. The van der Waals surface area contributed by atoms with Gasteiger partial charge in [-0.2, -0.15) is 5.10 Å². The third kappa shape index (κ3) is 5.12. The number of carboxylic acid groups (broad SMARTS) is 1. The first-order chi connectivity index (χ1) is 9.05. The third-order valence-corrected chi connectivity index (χ3v) is 2.27. The van der Waals surface area contributed by atoms with Gasteiger partial charge in [0.05, 0.1) is 17.9 Å². The van der Waals surface area contributed by atoms with Crippen LogP contribution in [0.4, 0.5) is 10.5 Å². The van der Waals surface area contributed by atoms with Gasteiger partial charge in [-0.3, -0.25) is 9.48 Å².